The first-order valence-corrected chi connectivity index (χ1v) is 6.45. The minimum absolute atomic E-state index is 0.497. The quantitative estimate of drug-likeness (QED) is 0.906. The van der Waals surface area contributed by atoms with Gasteiger partial charge in [0, 0.05) is 24.7 Å². The third kappa shape index (κ3) is 2.48. The van der Waals surface area contributed by atoms with Crippen LogP contribution in [0.15, 0.2) is 23.6 Å². The van der Waals surface area contributed by atoms with Crippen LogP contribution >= 0.6 is 11.3 Å². The molecule has 1 aromatic heterocycles. The number of hydrogen-bond donors (Lipinski definition) is 1. The van der Waals surface area contributed by atoms with Crippen molar-refractivity contribution >= 4 is 22.2 Å². The molecule has 1 aromatic carbocycles. The summed E-state index contributed by atoms with van der Waals surface area (Å²) in [4.78, 5) is 6.60. The maximum atomic E-state index is 5.58. The minimum Gasteiger partial charge on any atom is -0.325 e. The summed E-state index contributed by atoms with van der Waals surface area (Å²) < 4.78 is 0. The molecule has 0 aliphatic heterocycles. The van der Waals surface area contributed by atoms with Gasteiger partial charge in [-0.25, -0.2) is 4.98 Å². The molecular weight excluding hydrogens is 230 g/mol. The number of nitrogens with two attached hydrogens (primary N) is 1. The SMILES string of the molecule is Cc1ccc(N(C)c2nc(CN)cs2)c(C)c1. The molecule has 0 bridgehead atoms. The van der Waals surface area contributed by atoms with Gasteiger partial charge in [0.1, 0.15) is 0 Å². The highest BCUT2D eigenvalue weighted by molar-refractivity contribution is 7.13. The Morgan fingerprint density at radius 2 is 2.12 bits per heavy atom. The number of aromatic nitrogens is 1. The van der Waals surface area contributed by atoms with Crippen molar-refractivity contribution in [2.24, 2.45) is 5.73 Å². The largest absolute Gasteiger partial charge is 0.325 e. The first-order chi connectivity index (χ1) is 8.11. The highest BCUT2D eigenvalue weighted by Crippen LogP contribution is 2.29. The second kappa shape index (κ2) is 4.85. The van der Waals surface area contributed by atoms with E-state index in [1.54, 1.807) is 11.3 Å². The monoisotopic (exact) mass is 247 g/mol. The summed E-state index contributed by atoms with van der Waals surface area (Å²) in [6.45, 7) is 4.72. The van der Waals surface area contributed by atoms with E-state index in [1.807, 2.05) is 12.4 Å². The van der Waals surface area contributed by atoms with Gasteiger partial charge in [-0.15, -0.1) is 11.3 Å². The fourth-order valence-corrected chi connectivity index (χ4v) is 2.65. The predicted molar refractivity (Wildman–Crippen MR) is 74.0 cm³/mol. The van der Waals surface area contributed by atoms with Crippen LogP contribution in [0.25, 0.3) is 0 Å². The lowest BCUT2D eigenvalue weighted by Gasteiger charge is -2.18. The Labute approximate surface area is 106 Å². The molecule has 0 saturated carbocycles. The average Bonchev–Trinajstić information content (AvgIpc) is 2.76. The molecule has 0 amide bonds. The molecule has 0 spiro atoms. The molecule has 0 fully saturated rings. The Morgan fingerprint density at radius 3 is 2.71 bits per heavy atom. The van der Waals surface area contributed by atoms with E-state index in [4.69, 9.17) is 5.73 Å². The summed E-state index contributed by atoms with van der Waals surface area (Å²) in [6, 6.07) is 6.44. The Hall–Kier alpha value is -1.39. The molecule has 2 aromatic rings. The Morgan fingerprint density at radius 1 is 1.35 bits per heavy atom. The van der Waals surface area contributed by atoms with Crippen molar-refractivity contribution in [1.82, 2.24) is 4.98 Å². The van der Waals surface area contributed by atoms with E-state index in [2.05, 4.69) is 41.9 Å². The zero-order chi connectivity index (χ0) is 12.4. The maximum Gasteiger partial charge on any atom is 0.189 e. The molecule has 0 aliphatic rings. The highest BCUT2D eigenvalue weighted by Gasteiger charge is 2.10. The zero-order valence-electron chi connectivity index (χ0n) is 10.4. The second-order valence-electron chi connectivity index (χ2n) is 4.17. The lowest BCUT2D eigenvalue weighted by molar-refractivity contribution is 0.999. The van der Waals surface area contributed by atoms with Gasteiger partial charge in [0.05, 0.1) is 5.69 Å². The van der Waals surface area contributed by atoms with Gasteiger partial charge in [0.2, 0.25) is 0 Å². The van der Waals surface area contributed by atoms with E-state index in [1.165, 1.54) is 16.8 Å². The number of nitrogens with zero attached hydrogens (tertiary/aromatic N) is 2. The van der Waals surface area contributed by atoms with Gasteiger partial charge in [-0.1, -0.05) is 17.7 Å². The van der Waals surface area contributed by atoms with Crippen molar-refractivity contribution in [3.8, 4) is 0 Å². The van der Waals surface area contributed by atoms with Crippen LogP contribution in [-0.4, -0.2) is 12.0 Å². The van der Waals surface area contributed by atoms with Gasteiger partial charge < -0.3 is 10.6 Å². The molecule has 17 heavy (non-hydrogen) atoms. The number of anilines is 2. The number of benzene rings is 1. The molecule has 2 N–H and O–H groups in total. The van der Waals surface area contributed by atoms with Crippen molar-refractivity contribution < 1.29 is 0 Å². The molecule has 2 rings (SSSR count). The Bertz CT molecular complexity index is 519. The Balaban J connectivity index is 2.33. The summed E-state index contributed by atoms with van der Waals surface area (Å²) in [6.07, 6.45) is 0. The van der Waals surface area contributed by atoms with Crippen molar-refractivity contribution in [3.05, 3.63) is 40.4 Å². The predicted octanol–water partition coefficient (Wildman–Crippen LogP) is 2.99. The van der Waals surface area contributed by atoms with Crippen LogP contribution < -0.4 is 10.6 Å². The summed E-state index contributed by atoms with van der Waals surface area (Å²) in [5.41, 5.74) is 10.3. The number of rotatable bonds is 3. The highest BCUT2D eigenvalue weighted by atomic mass is 32.1. The summed E-state index contributed by atoms with van der Waals surface area (Å²) in [5, 5.41) is 2.99. The summed E-state index contributed by atoms with van der Waals surface area (Å²) in [7, 11) is 2.04. The fourth-order valence-electron chi connectivity index (χ4n) is 1.83. The first kappa shape index (κ1) is 12.1. The number of thiazole rings is 1. The topological polar surface area (TPSA) is 42.2 Å². The number of aryl methyl sites for hydroxylation is 2. The van der Waals surface area contributed by atoms with Crippen molar-refractivity contribution in [2.45, 2.75) is 20.4 Å². The van der Waals surface area contributed by atoms with Gasteiger partial charge in [-0.3, -0.25) is 0 Å². The molecule has 1 heterocycles. The van der Waals surface area contributed by atoms with Gasteiger partial charge in [0.15, 0.2) is 5.13 Å². The number of hydrogen-bond acceptors (Lipinski definition) is 4. The van der Waals surface area contributed by atoms with Gasteiger partial charge >= 0.3 is 0 Å². The lowest BCUT2D eigenvalue weighted by Crippen LogP contribution is -2.11. The fraction of sp³-hybridized carbons (Fsp3) is 0.308. The van der Waals surface area contributed by atoms with E-state index in [-0.39, 0.29) is 0 Å². The summed E-state index contributed by atoms with van der Waals surface area (Å²) >= 11 is 1.62. The van der Waals surface area contributed by atoms with E-state index < -0.39 is 0 Å². The van der Waals surface area contributed by atoms with Gasteiger partial charge in [-0.2, -0.15) is 0 Å². The third-order valence-corrected chi connectivity index (χ3v) is 3.72. The molecule has 0 radical (unpaired) electrons. The first-order valence-electron chi connectivity index (χ1n) is 5.57. The molecule has 4 heteroatoms. The molecule has 0 unspecified atom stereocenters. The maximum absolute atomic E-state index is 5.58. The van der Waals surface area contributed by atoms with E-state index in [0.717, 1.165) is 10.8 Å². The lowest BCUT2D eigenvalue weighted by atomic mass is 10.1. The summed E-state index contributed by atoms with van der Waals surface area (Å²) in [5.74, 6) is 0. The molecule has 0 saturated heterocycles. The van der Waals surface area contributed by atoms with Crippen molar-refractivity contribution in [1.29, 1.82) is 0 Å². The molecule has 0 aliphatic carbocycles. The minimum atomic E-state index is 0.497. The smallest absolute Gasteiger partial charge is 0.189 e. The molecular formula is C13H17N3S. The van der Waals surface area contributed by atoms with Crippen molar-refractivity contribution in [3.63, 3.8) is 0 Å². The van der Waals surface area contributed by atoms with Crippen LogP contribution in [0.4, 0.5) is 10.8 Å². The van der Waals surface area contributed by atoms with Crippen LogP contribution in [0.2, 0.25) is 0 Å². The zero-order valence-corrected chi connectivity index (χ0v) is 11.2. The third-order valence-electron chi connectivity index (χ3n) is 2.75. The van der Waals surface area contributed by atoms with E-state index >= 15 is 0 Å². The van der Waals surface area contributed by atoms with Gasteiger partial charge in [-0.05, 0) is 25.5 Å². The van der Waals surface area contributed by atoms with Crippen LogP contribution in [0, 0.1) is 13.8 Å². The second-order valence-corrected chi connectivity index (χ2v) is 5.01. The van der Waals surface area contributed by atoms with E-state index in [0.29, 0.717) is 6.54 Å². The molecule has 0 atom stereocenters. The standard InChI is InChI=1S/C13H17N3S/c1-9-4-5-12(10(2)6-9)16(3)13-15-11(7-14)8-17-13/h4-6,8H,7,14H2,1-3H3. The van der Waals surface area contributed by atoms with Crippen LogP contribution in [0.5, 0.6) is 0 Å². The van der Waals surface area contributed by atoms with Crippen LogP contribution in [0.1, 0.15) is 16.8 Å². The van der Waals surface area contributed by atoms with Crippen molar-refractivity contribution in [2.75, 3.05) is 11.9 Å². The van der Waals surface area contributed by atoms with Crippen LogP contribution in [0.3, 0.4) is 0 Å². The molecule has 90 valence electrons. The van der Waals surface area contributed by atoms with Gasteiger partial charge in [0.25, 0.3) is 0 Å². The average molecular weight is 247 g/mol. The van der Waals surface area contributed by atoms with E-state index in [9.17, 15) is 0 Å². The molecule has 3 nitrogen and oxygen atoms in total. The van der Waals surface area contributed by atoms with Crippen LogP contribution in [-0.2, 0) is 6.54 Å². The normalized spacial score (nSPS) is 10.6. The Kier molecular flexibility index (Phi) is 3.45.